The van der Waals surface area contributed by atoms with Gasteiger partial charge in [-0.3, -0.25) is 4.79 Å². The average molecular weight is 218 g/mol. The number of hydrogen-bond donors (Lipinski definition) is 2. The number of thioether (sulfide) groups is 1. The molecule has 3 nitrogen and oxygen atoms in total. The van der Waals surface area contributed by atoms with Crippen LogP contribution in [0.1, 0.15) is 27.7 Å². The molecule has 0 saturated carbocycles. The van der Waals surface area contributed by atoms with Crippen molar-refractivity contribution in [2.75, 3.05) is 13.1 Å². The zero-order valence-corrected chi connectivity index (χ0v) is 10.4. The molecule has 0 heterocycles. The first-order valence-electron chi connectivity index (χ1n) is 5.10. The van der Waals surface area contributed by atoms with Gasteiger partial charge in [-0.25, -0.2) is 0 Å². The molecular formula is C10H22N2OS. The SMILES string of the molecule is CC(C)CNC(=O)C(C)SC(C)CN. The van der Waals surface area contributed by atoms with Gasteiger partial charge < -0.3 is 11.1 Å². The lowest BCUT2D eigenvalue weighted by Crippen LogP contribution is -2.34. The van der Waals surface area contributed by atoms with Gasteiger partial charge in [0, 0.05) is 18.3 Å². The molecular weight excluding hydrogens is 196 g/mol. The Morgan fingerprint density at radius 3 is 2.36 bits per heavy atom. The summed E-state index contributed by atoms with van der Waals surface area (Å²) in [6.07, 6.45) is 0. The molecule has 1 amide bonds. The van der Waals surface area contributed by atoms with Gasteiger partial charge in [-0.05, 0) is 12.8 Å². The standard InChI is InChI=1S/C10H22N2OS/c1-7(2)6-12-10(13)9(4)14-8(3)5-11/h7-9H,5-6,11H2,1-4H3,(H,12,13). The molecule has 2 unspecified atom stereocenters. The molecule has 0 aliphatic rings. The molecule has 0 aliphatic heterocycles. The van der Waals surface area contributed by atoms with Gasteiger partial charge in [0.05, 0.1) is 5.25 Å². The Labute approximate surface area is 91.2 Å². The Kier molecular flexibility index (Phi) is 7.01. The van der Waals surface area contributed by atoms with Gasteiger partial charge in [-0.1, -0.05) is 20.8 Å². The molecule has 0 fully saturated rings. The number of amides is 1. The van der Waals surface area contributed by atoms with E-state index in [1.807, 2.05) is 13.8 Å². The number of nitrogens with one attached hydrogen (secondary N) is 1. The molecule has 0 saturated heterocycles. The third-order valence-electron chi connectivity index (χ3n) is 1.82. The summed E-state index contributed by atoms with van der Waals surface area (Å²) < 4.78 is 0. The van der Waals surface area contributed by atoms with Gasteiger partial charge in [0.15, 0.2) is 0 Å². The van der Waals surface area contributed by atoms with Gasteiger partial charge in [0.2, 0.25) is 5.91 Å². The van der Waals surface area contributed by atoms with E-state index < -0.39 is 0 Å². The monoisotopic (exact) mass is 218 g/mol. The second-order valence-corrected chi connectivity index (χ2v) is 5.75. The minimum absolute atomic E-state index is 0.00713. The van der Waals surface area contributed by atoms with E-state index in [0.29, 0.717) is 17.7 Å². The Bertz CT molecular complexity index is 174. The van der Waals surface area contributed by atoms with E-state index in [2.05, 4.69) is 19.2 Å². The highest BCUT2D eigenvalue weighted by Crippen LogP contribution is 2.16. The van der Waals surface area contributed by atoms with Crippen LogP contribution in [0.2, 0.25) is 0 Å². The summed E-state index contributed by atoms with van der Waals surface area (Å²) in [4.78, 5) is 11.5. The Morgan fingerprint density at radius 2 is 1.93 bits per heavy atom. The lowest BCUT2D eigenvalue weighted by atomic mass is 10.2. The van der Waals surface area contributed by atoms with Crippen LogP contribution in [0.3, 0.4) is 0 Å². The number of carbonyl (C=O) groups is 1. The van der Waals surface area contributed by atoms with Crippen LogP contribution >= 0.6 is 11.8 Å². The van der Waals surface area contributed by atoms with Crippen LogP contribution in [0.5, 0.6) is 0 Å². The molecule has 0 aliphatic carbocycles. The molecule has 0 rings (SSSR count). The average Bonchev–Trinajstić information content (AvgIpc) is 2.13. The molecule has 0 aromatic heterocycles. The Morgan fingerprint density at radius 1 is 1.36 bits per heavy atom. The van der Waals surface area contributed by atoms with Crippen molar-refractivity contribution in [3.05, 3.63) is 0 Å². The first-order chi connectivity index (χ1) is 6.47. The second-order valence-electron chi connectivity index (χ2n) is 3.96. The van der Waals surface area contributed by atoms with Crippen LogP contribution in [-0.2, 0) is 4.79 Å². The van der Waals surface area contributed by atoms with Crippen molar-refractivity contribution in [1.29, 1.82) is 0 Å². The predicted molar refractivity (Wildman–Crippen MR) is 63.4 cm³/mol. The molecule has 0 radical (unpaired) electrons. The van der Waals surface area contributed by atoms with Gasteiger partial charge in [-0.15, -0.1) is 11.8 Å². The fourth-order valence-electron chi connectivity index (χ4n) is 0.914. The first kappa shape index (κ1) is 13.8. The van der Waals surface area contributed by atoms with E-state index in [-0.39, 0.29) is 11.2 Å². The van der Waals surface area contributed by atoms with Crippen molar-refractivity contribution in [2.24, 2.45) is 11.7 Å². The fourth-order valence-corrected chi connectivity index (χ4v) is 1.93. The maximum Gasteiger partial charge on any atom is 0.232 e. The Balaban J connectivity index is 3.76. The molecule has 3 N–H and O–H groups in total. The molecule has 4 heteroatoms. The van der Waals surface area contributed by atoms with Gasteiger partial charge in [0.1, 0.15) is 0 Å². The summed E-state index contributed by atoms with van der Waals surface area (Å²) in [6.45, 7) is 9.50. The fraction of sp³-hybridized carbons (Fsp3) is 0.900. The first-order valence-corrected chi connectivity index (χ1v) is 6.04. The van der Waals surface area contributed by atoms with Gasteiger partial charge >= 0.3 is 0 Å². The zero-order valence-electron chi connectivity index (χ0n) is 9.54. The van der Waals surface area contributed by atoms with E-state index in [9.17, 15) is 4.79 Å². The summed E-state index contributed by atoms with van der Waals surface area (Å²) in [5, 5.41) is 3.25. The molecule has 0 bridgehead atoms. The van der Waals surface area contributed by atoms with Crippen LogP contribution < -0.4 is 11.1 Å². The molecule has 2 atom stereocenters. The van der Waals surface area contributed by atoms with Gasteiger partial charge in [-0.2, -0.15) is 0 Å². The summed E-state index contributed by atoms with van der Waals surface area (Å²) in [7, 11) is 0. The number of hydrogen-bond acceptors (Lipinski definition) is 3. The van der Waals surface area contributed by atoms with Crippen molar-refractivity contribution in [1.82, 2.24) is 5.32 Å². The minimum atomic E-state index is -0.00713. The van der Waals surface area contributed by atoms with Crippen LogP contribution in [0.4, 0.5) is 0 Å². The van der Waals surface area contributed by atoms with Crippen LogP contribution in [0, 0.1) is 5.92 Å². The second kappa shape index (κ2) is 7.12. The van der Waals surface area contributed by atoms with Crippen LogP contribution in [-0.4, -0.2) is 29.5 Å². The number of carbonyl (C=O) groups excluding carboxylic acids is 1. The van der Waals surface area contributed by atoms with Crippen LogP contribution in [0.15, 0.2) is 0 Å². The van der Waals surface area contributed by atoms with E-state index in [1.165, 1.54) is 0 Å². The summed E-state index contributed by atoms with van der Waals surface area (Å²) in [6, 6.07) is 0. The molecule has 0 aromatic rings. The topological polar surface area (TPSA) is 55.1 Å². The highest BCUT2D eigenvalue weighted by atomic mass is 32.2. The van der Waals surface area contributed by atoms with E-state index in [1.54, 1.807) is 11.8 Å². The zero-order chi connectivity index (χ0) is 11.1. The summed E-state index contributed by atoms with van der Waals surface area (Å²) in [5.74, 6) is 0.618. The lowest BCUT2D eigenvalue weighted by Gasteiger charge is -2.16. The summed E-state index contributed by atoms with van der Waals surface area (Å²) >= 11 is 1.62. The van der Waals surface area contributed by atoms with Crippen molar-refractivity contribution >= 4 is 17.7 Å². The van der Waals surface area contributed by atoms with Gasteiger partial charge in [0.25, 0.3) is 0 Å². The normalized spacial score (nSPS) is 15.3. The third kappa shape index (κ3) is 6.27. The van der Waals surface area contributed by atoms with Crippen LogP contribution in [0.25, 0.3) is 0 Å². The van der Waals surface area contributed by atoms with Crippen molar-refractivity contribution in [2.45, 2.75) is 38.2 Å². The maximum absolute atomic E-state index is 11.5. The molecule has 84 valence electrons. The Hall–Kier alpha value is -0.220. The van der Waals surface area contributed by atoms with E-state index in [0.717, 1.165) is 6.54 Å². The summed E-state index contributed by atoms with van der Waals surface area (Å²) in [5.41, 5.74) is 5.49. The molecule has 14 heavy (non-hydrogen) atoms. The maximum atomic E-state index is 11.5. The molecule has 0 spiro atoms. The van der Waals surface area contributed by atoms with Crippen molar-refractivity contribution < 1.29 is 4.79 Å². The van der Waals surface area contributed by atoms with E-state index in [4.69, 9.17) is 5.73 Å². The lowest BCUT2D eigenvalue weighted by molar-refractivity contribution is -0.120. The quantitative estimate of drug-likeness (QED) is 0.705. The predicted octanol–water partition coefficient (Wildman–Crippen LogP) is 1.23. The highest BCUT2D eigenvalue weighted by molar-refractivity contribution is 8.01. The smallest absolute Gasteiger partial charge is 0.232 e. The molecule has 0 aromatic carbocycles. The van der Waals surface area contributed by atoms with E-state index >= 15 is 0 Å². The van der Waals surface area contributed by atoms with Crippen molar-refractivity contribution in [3.63, 3.8) is 0 Å². The minimum Gasteiger partial charge on any atom is -0.355 e. The number of rotatable bonds is 6. The largest absolute Gasteiger partial charge is 0.355 e. The third-order valence-corrected chi connectivity index (χ3v) is 3.10. The highest BCUT2D eigenvalue weighted by Gasteiger charge is 2.15. The number of nitrogens with two attached hydrogens (primary N) is 1. The van der Waals surface area contributed by atoms with Crippen molar-refractivity contribution in [3.8, 4) is 0 Å².